The molecule has 0 unspecified atom stereocenters. The van der Waals surface area contributed by atoms with Gasteiger partial charge in [-0.25, -0.2) is 9.97 Å². The number of rotatable bonds is 4. The van der Waals surface area contributed by atoms with Gasteiger partial charge in [-0.3, -0.25) is 9.48 Å². The molecule has 0 radical (unpaired) electrons. The Labute approximate surface area is 130 Å². The third-order valence-corrected chi connectivity index (χ3v) is 3.39. The molecule has 0 fully saturated rings. The van der Waals surface area contributed by atoms with Crippen molar-refractivity contribution in [2.45, 2.75) is 34.2 Å². The quantitative estimate of drug-likeness (QED) is 0.934. The van der Waals surface area contributed by atoms with E-state index in [4.69, 9.17) is 0 Å². The first-order chi connectivity index (χ1) is 10.3. The zero-order valence-corrected chi connectivity index (χ0v) is 13.9. The molecule has 0 saturated carbocycles. The normalized spacial score (nSPS) is 10.6. The van der Waals surface area contributed by atoms with Gasteiger partial charge in [0, 0.05) is 26.3 Å². The van der Waals surface area contributed by atoms with Gasteiger partial charge in [-0.1, -0.05) is 0 Å². The number of carbonyl (C=O) groups excluding carboxylic acids is 1. The van der Waals surface area contributed by atoms with Crippen molar-refractivity contribution >= 4 is 17.5 Å². The lowest BCUT2D eigenvalue weighted by molar-refractivity contribution is 0.102. The molecule has 22 heavy (non-hydrogen) atoms. The van der Waals surface area contributed by atoms with Crippen LogP contribution in [-0.4, -0.2) is 39.8 Å². The first-order valence-corrected chi connectivity index (χ1v) is 7.21. The molecule has 0 aliphatic carbocycles. The van der Waals surface area contributed by atoms with Gasteiger partial charge in [-0.05, 0) is 33.8 Å². The fraction of sp³-hybridized carbons (Fsp3) is 0.467. The highest BCUT2D eigenvalue weighted by molar-refractivity contribution is 6.03. The van der Waals surface area contributed by atoms with Gasteiger partial charge in [-0.2, -0.15) is 5.10 Å². The van der Waals surface area contributed by atoms with Crippen LogP contribution in [0.4, 0.5) is 11.6 Å². The Morgan fingerprint density at radius 2 is 1.95 bits per heavy atom. The molecule has 0 aliphatic heterocycles. The van der Waals surface area contributed by atoms with Gasteiger partial charge in [0.25, 0.3) is 5.91 Å². The SMILES string of the molecule is CCn1nc(C)c(NC(=O)c2cc(C)nc(N(C)C)n2)c1C. The number of amides is 1. The molecule has 2 aromatic rings. The highest BCUT2D eigenvalue weighted by Crippen LogP contribution is 2.20. The summed E-state index contributed by atoms with van der Waals surface area (Å²) in [5, 5.41) is 7.31. The average Bonchev–Trinajstić information content (AvgIpc) is 2.73. The second kappa shape index (κ2) is 6.13. The third kappa shape index (κ3) is 3.08. The van der Waals surface area contributed by atoms with Crippen molar-refractivity contribution in [1.29, 1.82) is 0 Å². The van der Waals surface area contributed by atoms with Crippen molar-refractivity contribution in [3.8, 4) is 0 Å². The Morgan fingerprint density at radius 1 is 1.27 bits per heavy atom. The predicted octanol–water partition coefficient (Wildman–Crippen LogP) is 1.94. The molecule has 0 saturated heterocycles. The van der Waals surface area contributed by atoms with Crippen molar-refractivity contribution in [2.24, 2.45) is 0 Å². The number of aryl methyl sites for hydroxylation is 3. The van der Waals surface area contributed by atoms with Gasteiger partial charge < -0.3 is 10.2 Å². The number of nitrogens with one attached hydrogen (secondary N) is 1. The van der Waals surface area contributed by atoms with E-state index >= 15 is 0 Å². The van der Waals surface area contributed by atoms with E-state index in [1.165, 1.54) is 0 Å². The van der Waals surface area contributed by atoms with Crippen molar-refractivity contribution in [3.63, 3.8) is 0 Å². The van der Waals surface area contributed by atoms with E-state index < -0.39 is 0 Å². The smallest absolute Gasteiger partial charge is 0.274 e. The first-order valence-electron chi connectivity index (χ1n) is 7.21. The number of anilines is 2. The Kier molecular flexibility index (Phi) is 4.44. The summed E-state index contributed by atoms with van der Waals surface area (Å²) in [6.07, 6.45) is 0. The summed E-state index contributed by atoms with van der Waals surface area (Å²) in [7, 11) is 3.69. The Bertz CT molecular complexity index is 704. The highest BCUT2D eigenvalue weighted by atomic mass is 16.1. The number of aromatic nitrogens is 4. The van der Waals surface area contributed by atoms with Crippen LogP contribution in [0.5, 0.6) is 0 Å². The minimum Gasteiger partial charge on any atom is -0.347 e. The molecule has 0 aliphatic rings. The molecular formula is C15H22N6O. The van der Waals surface area contributed by atoms with Gasteiger partial charge in [-0.15, -0.1) is 0 Å². The summed E-state index contributed by atoms with van der Waals surface area (Å²) >= 11 is 0. The molecule has 2 rings (SSSR count). The monoisotopic (exact) mass is 302 g/mol. The standard InChI is InChI=1S/C15H22N6O/c1-7-21-11(4)13(10(3)19-21)18-14(22)12-8-9(2)16-15(17-12)20(5)6/h8H,7H2,1-6H3,(H,18,22). The van der Waals surface area contributed by atoms with E-state index in [1.807, 2.05) is 46.5 Å². The lowest BCUT2D eigenvalue weighted by atomic mass is 10.2. The maximum Gasteiger partial charge on any atom is 0.274 e. The van der Waals surface area contributed by atoms with Crippen LogP contribution in [0.2, 0.25) is 0 Å². The Morgan fingerprint density at radius 3 is 2.50 bits per heavy atom. The molecule has 0 bridgehead atoms. The van der Waals surface area contributed by atoms with E-state index in [9.17, 15) is 4.79 Å². The number of hydrogen-bond donors (Lipinski definition) is 1. The molecule has 0 atom stereocenters. The molecule has 7 nitrogen and oxygen atoms in total. The molecule has 1 amide bonds. The Balaban J connectivity index is 2.32. The average molecular weight is 302 g/mol. The molecule has 0 spiro atoms. The zero-order valence-electron chi connectivity index (χ0n) is 13.9. The topological polar surface area (TPSA) is 75.9 Å². The predicted molar refractivity (Wildman–Crippen MR) is 86.4 cm³/mol. The molecule has 7 heteroatoms. The van der Waals surface area contributed by atoms with Crippen molar-refractivity contribution in [2.75, 3.05) is 24.3 Å². The van der Waals surface area contributed by atoms with Crippen LogP contribution in [0.1, 0.15) is 34.5 Å². The fourth-order valence-electron chi connectivity index (χ4n) is 2.23. The van der Waals surface area contributed by atoms with Crippen LogP contribution in [0.25, 0.3) is 0 Å². The number of carbonyl (C=O) groups is 1. The number of nitrogens with zero attached hydrogens (tertiary/aromatic N) is 5. The second-order valence-electron chi connectivity index (χ2n) is 5.40. The van der Waals surface area contributed by atoms with E-state index in [2.05, 4.69) is 20.4 Å². The van der Waals surface area contributed by atoms with Gasteiger partial charge in [0.2, 0.25) is 5.95 Å². The molecule has 0 aromatic carbocycles. The minimum absolute atomic E-state index is 0.254. The highest BCUT2D eigenvalue weighted by Gasteiger charge is 2.17. The summed E-state index contributed by atoms with van der Waals surface area (Å²) < 4.78 is 1.86. The first kappa shape index (κ1) is 15.9. The lowest BCUT2D eigenvalue weighted by Gasteiger charge is -2.12. The van der Waals surface area contributed by atoms with Crippen LogP contribution in [0, 0.1) is 20.8 Å². The lowest BCUT2D eigenvalue weighted by Crippen LogP contribution is -2.19. The summed E-state index contributed by atoms with van der Waals surface area (Å²) in [6.45, 7) is 8.44. The second-order valence-corrected chi connectivity index (χ2v) is 5.40. The molecule has 1 N–H and O–H groups in total. The van der Waals surface area contributed by atoms with Crippen LogP contribution < -0.4 is 10.2 Å². The van der Waals surface area contributed by atoms with Crippen molar-refractivity contribution < 1.29 is 4.79 Å². The van der Waals surface area contributed by atoms with Gasteiger partial charge in [0.15, 0.2) is 0 Å². The maximum absolute atomic E-state index is 12.5. The minimum atomic E-state index is -0.254. The van der Waals surface area contributed by atoms with Gasteiger partial charge in [0.05, 0.1) is 17.1 Å². The largest absolute Gasteiger partial charge is 0.347 e. The summed E-state index contributed by atoms with van der Waals surface area (Å²) in [4.78, 5) is 22.8. The third-order valence-electron chi connectivity index (χ3n) is 3.39. The summed E-state index contributed by atoms with van der Waals surface area (Å²) in [5.74, 6) is 0.262. The molecular weight excluding hydrogens is 280 g/mol. The van der Waals surface area contributed by atoms with E-state index in [1.54, 1.807) is 11.0 Å². The van der Waals surface area contributed by atoms with Gasteiger partial charge in [0.1, 0.15) is 5.69 Å². The van der Waals surface area contributed by atoms with E-state index in [0.717, 1.165) is 29.3 Å². The molecule has 2 aromatic heterocycles. The number of hydrogen-bond acceptors (Lipinski definition) is 5. The van der Waals surface area contributed by atoms with Crippen molar-refractivity contribution in [1.82, 2.24) is 19.7 Å². The maximum atomic E-state index is 12.5. The van der Waals surface area contributed by atoms with Crippen LogP contribution >= 0.6 is 0 Å². The fourth-order valence-corrected chi connectivity index (χ4v) is 2.23. The van der Waals surface area contributed by atoms with Crippen molar-refractivity contribution in [3.05, 3.63) is 28.8 Å². The zero-order chi connectivity index (χ0) is 16.4. The van der Waals surface area contributed by atoms with Gasteiger partial charge >= 0.3 is 0 Å². The van der Waals surface area contributed by atoms with Crippen LogP contribution in [-0.2, 0) is 6.54 Å². The summed E-state index contributed by atoms with van der Waals surface area (Å²) in [5.41, 5.74) is 3.58. The van der Waals surface area contributed by atoms with Crippen LogP contribution in [0.15, 0.2) is 6.07 Å². The summed E-state index contributed by atoms with van der Waals surface area (Å²) in [6, 6.07) is 1.68. The molecule has 2 heterocycles. The Hall–Kier alpha value is -2.44. The van der Waals surface area contributed by atoms with E-state index in [-0.39, 0.29) is 5.91 Å². The molecule has 118 valence electrons. The van der Waals surface area contributed by atoms with E-state index in [0.29, 0.717) is 11.6 Å². The van der Waals surface area contributed by atoms with Crippen LogP contribution in [0.3, 0.4) is 0 Å².